The fraction of sp³-hybridized carbons (Fsp3) is 0.706. The molecule has 0 spiro atoms. The maximum atomic E-state index is 6.71. The number of ether oxygens (including phenoxy) is 2. The van der Waals surface area contributed by atoms with E-state index in [0.29, 0.717) is 5.92 Å². The molecule has 2 heteroatoms. The van der Waals surface area contributed by atoms with Gasteiger partial charge in [0.15, 0.2) is 0 Å². The number of hydrogen-bond acceptors (Lipinski definition) is 2. The van der Waals surface area contributed by atoms with Crippen molar-refractivity contribution >= 4 is 5.57 Å². The predicted molar refractivity (Wildman–Crippen MR) is 153 cm³/mol. The van der Waals surface area contributed by atoms with Crippen LogP contribution in [0.15, 0.2) is 48.6 Å². The van der Waals surface area contributed by atoms with Gasteiger partial charge in [0, 0.05) is 5.41 Å². The monoisotopic (exact) mass is 492 g/mol. The average molecular weight is 493 g/mol. The molecular formula is C34H52O2. The third-order valence-electron chi connectivity index (χ3n) is 9.37. The third kappa shape index (κ3) is 7.35. The summed E-state index contributed by atoms with van der Waals surface area (Å²) in [5.41, 5.74) is 2.77. The maximum absolute atomic E-state index is 6.71. The smallest absolute Gasteiger partial charge is 0.0906 e. The van der Waals surface area contributed by atoms with Gasteiger partial charge in [0.25, 0.3) is 0 Å². The first-order chi connectivity index (χ1) is 17.7. The normalized spacial score (nSPS) is 30.8. The van der Waals surface area contributed by atoms with Crippen LogP contribution < -0.4 is 0 Å². The molecule has 3 aliphatic rings. The van der Waals surface area contributed by atoms with Crippen molar-refractivity contribution in [2.75, 3.05) is 13.2 Å². The van der Waals surface area contributed by atoms with Gasteiger partial charge in [-0.2, -0.15) is 0 Å². The van der Waals surface area contributed by atoms with E-state index in [4.69, 9.17) is 9.47 Å². The Balaban J connectivity index is 1.38. The van der Waals surface area contributed by atoms with Gasteiger partial charge in [-0.25, -0.2) is 0 Å². The molecule has 0 N–H and O–H groups in total. The first kappa shape index (κ1) is 27.6. The molecule has 0 bridgehead atoms. The van der Waals surface area contributed by atoms with E-state index in [0.717, 1.165) is 32.0 Å². The van der Waals surface area contributed by atoms with E-state index < -0.39 is 0 Å². The van der Waals surface area contributed by atoms with E-state index in [1.54, 1.807) is 0 Å². The second kappa shape index (κ2) is 14.5. The second-order valence-corrected chi connectivity index (χ2v) is 11.9. The zero-order chi connectivity index (χ0) is 25.1. The van der Waals surface area contributed by atoms with E-state index in [9.17, 15) is 0 Å². The zero-order valence-electron chi connectivity index (χ0n) is 23.3. The molecule has 2 fully saturated rings. The topological polar surface area (TPSA) is 18.5 Å². The lowest BCUT2D eigenvalue weighted by Gasteiger charge is -2.49. The van der Waals surface area contributed by atoms with Crippen molar-refractivity contribution in [3.63, 3.8) is 0 Å². The summed E-state index contributed by atoms with van der Waals surface area (Å²) in [5, 5.41) is 0. The Morgan fingerprint density at radius 1 is 0.778 bits per heavy atom. The van der Waals surface area contributed by atoms with E-state index in [2.05, 4.69) is 62.4 Å². The summed E-state index contributed by atoms with van der Waals surface area (Å²) >= 11 is 0. The van der Waals surface area contributed by atoms with E-state index in [1.807, 2.05) is 0 Å². The molecule has 0 aromatic heterocycles. The van der Waals surface area contributed by atoms with E-state index >= 15 is 0 Å². The van der Waals surface area contributed by atoms with Crippen molar-refractivity contribution in [3.8, 4) is 0 Å². The van der Waals surface area contributed by atoms with Crippen LogP contribution in [0.5, 0.6) is 0 Å². The number of benzene rings is 1. The molecule has 0 amide bonds. The van der Waals surface area contributed by atoms with Gasteiger partial charge < -0.3 is 9.47 Å². The molecule has 1 saturated heterocycles. The first-order valence-corrected chi connectivity index (χ1v) is 15.4. The van der Waals surface area contributed by atoms with Crippen molar-refractivity contribution < 1.29 is 9.47 Å². The van der Waals surface area contributed by atoms with Gasteiger partial charge in [-0.05, 0) is 48.7 Å². The fourth-order valence-electron chi connectivity index (χ4n) is 6.98. The number of allylic oxidation sites excluding steroid dienone is 3. The predicted octanol–water partition coefficient (Wildman–Crippen LogP) is 9.55. The lowest BCUT2D eigenvalue weighted by molar-refractivity contribution is -0.178. The minimum Gasteiger partial charge on any atom is -0.373 e. The fourth-order valence-corrected chi connectivity index (χ4v) is 6.98. The minimum atomic E-state index is 0.0821. The highest BCUT2D eigenvalue weighted by Gasteiger charge is 2.47. The summed E-state index contributed by atoms with van der Waals surface area (Å²) in [7, 11) is 0. The third-order valence-corrected chi connectivity index (χ3v) is 9.37. The van der Waals surface area contributed by atoms with Crippen LogP contribution >= 0.6 is 0 Å². The molecule has 1 aliphatic heterocycles. The van der Waals surface area contributed by atoms with Crippen LogP contribution in [0.3, 0.4) is 0 Å². The van der Waals surface area contributed by atoms with E-state index in [-0.39, 0.29) is 17.6 Å². The molecule has 200 valence electrons. The van der Waals surface area contributed by atoms with Gasteiger partial charge in [-0.15, -0.1) is 0 Å². The van der Waals surface area contributed by atoms with Crippen LogP contribution in [-0.2, 0) is 9.47 Å². The molecule has 0 radical (unpaired) electrons. The van der Waals surface area contributed by atoms with Crippen molar-refractivity contribution in [2.45, 2.75) is 122 Å². The largest absolute Gasteiger partial charge is 0.373 e. The Hall–Kier alpha value is -1.38. The van der Waals surface area contributed by atoms with Crippen LogP contribution in [0.1, 0.15) is 116 Å². The van der Waals surface area contributed by atoms with Crippen molar-refractivity contribution in [1.82, 2.24) is 0 Å². The zero-order valence-corrected chi connectivity index (χ0v) is 23.3. The number of rotatable bonds is 13. The molecule has 36 heavy (non-hydrogen) atoms. The standard InChI is InChI=1S/C34H52O2/c1-3-5-7-8-13-17-32-26-36-33(27-35-32)34(31-20-18-28(19-21-31)14-10-6-4-2)24-22-30(23-25-34)29-15-11-9-12-16-29/h9,11-12,15-16,22-24,28,31-33H,3-8,10,13-14,17-21,25-27H2,1-2H3/t28-,31-,32-,33-,34?/m1/s1. The summed E-state index contributed by atoms with van der Waals surface area (Å²) in [4.78, 5) is 0. The van der Waals surface area contributed by atoms with E-state index in [1.165, 1.54) is 94.6 Å². The quantitative estimate of drug-likeness (QED) is 0.255. The number of unbranched alkanes of at least 4 members (excludes halogenated alkanes) is 6. The number of hydrogen-bond donors (Lipinski definition) is 0. The van der Waals surface area contributed by atoms with Gasteiger partial charge in [-0.1, -0.05) is 133 Å². The molecule has 1 saturated carbocycles. The Kier molecular flexibility index (Phi) is 11.2. The molecule has 2 nitrogen and oxygen atoms in total. The first-order valence-electron chi connectivity index (χ1n) is 15.4. The Morgan fingerprint density at radius 2 is 1.50 bits per heavy atom. The Morgan fingerprint density at radius 3 is 2.17 bits per heavy atom. The lowest BCUT2D eigenvalue weighted by Crippen LogP contribution is -2.50. The second-order valence-electron chi connectivity index (χ2n) is 11.9. The van der Waals surface area contributed by atoms with Gasteiger partial charge in [0.2, 0.25) is 0 Å². The van der Waals surface area contributed by atoms with Crippen LogP contribution in [0.2, 0.25) is 0 Å². The summed E-state index contributed by atoms with van der Waals surface area (Å²) in [6.07, 6.45) is 27.8. The van der Waals surface area contributed by atoms with Crippen LogP contribution in [0.4, 0.5) is 0 Å². The highest BCUT2D eigenvalue weighted by Crippen LogP contribution is 2.51. The summed E-state index contributed by atoms with van der Waals surface area (Å²) in [6.45, 7) is 6.13. The van der Waals surface area contributed by atoms with Gasteiger partial charge in [0.1, 0.15) is 0 Å². The van der Waals surface area contributed by atoms with Crippen LogP contribution in [0, 0.1) is 17.3 Å². The molecule has 1 unspecified atom stereocenters. The maximum Gasteiger partial charge on any atom is 0.0906 e. The molecule has 3 atom stereocenters. The summed E-state index contributed by atoms with van der Waals surface area (Å²) < 4.78 is 13.2. The minimum absolute atomic E-state index is 0.0821. The lowest BCUT2D eigenvalue weighted by atomic mass is 9.60. The molecule has 1 aromatic carbocycles. The molecule has 2 aliphatic carbocycles. The van der Waals surface area contributed by atoms with Crippen molar-refractivity contribution in [2.24, 2.45) is 17.3 Å². The Bertz CT molecular complexity index is 796. The highest BCUT2D eigenvalue weighted by molar-refractivity contribution is 5.75. The summed E-state index contributed by atoms with van der Waals surface area (Å²) in [5.74, 6) is 1.64. The molecule has 4 rings (SSSR count). The van der Waals surface area contributed by atoms with Crippen LogP contribution in [0.25, 0.3) is 5.57 Å². The molecule has 1 heterocycles. The molecular weight excluding hydrogens is 440 g/mol. The molecule has 1 aromatic rings. The highest BCUT2D eigenvalue weighted by atomic mass is 16.6. The summed E-state index contributed by atoms with van der Waals surface area (Å²) in [6, 6.07) is 10.9. The van der Waals surface area contributed by atoms with Gasteiger partial charge in [0.05, 0.1) is 25.4 Å². The van der Waals surface area contributed by atoms with Crippen molar-refractivity contribution in [1.29, 1.82) is 0 Å². The van der Waals surface area contributed by atoms with Crippen LogP contribution in [-0.4, -0.2) is 25.4 Å². The van der Waals surface area contributed by atoms with Gasteiger partial charge >= 0.3 is 0 Å². The Labute approximate surface area is 221 Å². The van der Waals surface area contributed by atoms with Crippen molar-refractivity contribution in [3.05, 3.63) is 54.1 Å². The van der Waals surface area contributed by atoms with Gasteiger partial charge in [-0.3, -0.25) is 0 Å². The SMILES string of the molecule is CCCCCCC[C@@H]1CO[C@@H](C2([C@H]3CC[C@H](CCCCC)CC3)C=CC(c3ccccc3)=CC2)CO1. The average Bonchev–Trinajstić information content (AvgIpc) is 2.94.